The summed E-state index contributed by atoms with van der Waals surface area (Å²) in [6, 6.07) is 3.99. The summed E-state index contributed by atoms with van der Waals surface area (Å²) in [7, 11) is 0. The lowest BCUT2D eigenvalue weighted by molar-refractivity contribution is -0.324. The fourth-order valence-electron chi connectivity index (χ4n) is 1.77. The van der Waals surface area contributed by atoms with Crippen LogP contribution in [0.4, 0.5) is 36.4 Å². The van der Waals surface area contributed by atoms with E-state index >= 15 is 0 Å². The van der Waals surface area contributed by atoms with Gasteiger partial charge in [-0.1, -0.05) is 19.1 Å². The van der Waals surface area contributed by atoms with Crippen LogP contribution in [0.3, 0.4) is 0 Å². The molecule has 0 saturated carbocycles. The van der Waals surface area contributed by atoms with Crippen LogP contribution >= 0.6 is 0 Å². The Hall–Kier alpha value is -1.80. The van der Waals surface area contributed by atoms with E-state index in [0.717, 1.165) is 18.2 Å². The minimum Gasteiger partial charge on any atom is -0.323 e. The number of rotatable bonds is 3. The number of hydrogen-bond donors (Lipinski definition) is 1. The molecule has 118 valence electrons. The summed E-state index contributed by atoms with van der Waals surface area (Å²) < 4.78 is 90.4. The van der Waals surface area contributed by atoms with Crippen LogP contribution < -0.4 is 5.32 Å². The monoisotopic (exact) mass is 317 g/mol. The Labute approximate surface area is 114 Å². The van der Waals surface area contributed by atoms with Crippen LogP contribution in [0, 0.1) is 11.2 Å². The topological polar surface area (TPSA) is 29.1 Å². The summed E-state index contributed by atoms with van der Waals surface area (Å²) in [6.07, 6.45) is -13.3. The van der Waals surface area contributed by atoms with E-state index in [2.05, 4.69) is 0 Å². The highest BCUT2D eigenvalue weighted by Crippen LogP contribution is 2.53. The minimum absolute atomic E-state index is 0.585. The van der Waals surface area contributed by atoms with Gasteiger partial charge in [-0.25, -0.2) is 4.39 Å². The number of carbonyl (C=O) groups excluding carboxylic acids is 1. The molecule has 1 amide bonds. The second kappa shape index (κ2) is 5.53. The van der Waals surface area contributed by atoms with Crippen molar-refractivity contribution in [2.75, 3.05) is 5.32 Å². The predicted octanol–water partition coefficient (Wildman–Crippen LogP) is 4.29. The van der Waals surface area contributed by atoms with Crippen LogP contribution in [-0.2, 0) is 4.79 Å². The van der Waals surface area contributed by atoms with Gasteiger partial charge in [-0.05, 0) is 18.6 Å². The number of hydrogen-bond acceptors (Lipinski definition) is 1. The molecule has 0 unspecified atom stereocenters. The lowest BCUT2D eigenvalue weighted by Crippen LogP contribution is -2.57. The zero-order chi connectivity index (χ0) is 16.5. The zero-order valence-corrected chi connectivity index (χ0v) is 10.6. The molecule has 0 bridgehead atoms. The Morgan fingerprint density at radius 1 is 1.05 bits per heavy atom. The molecule has 0 radical (unpaired) electrons. The van der Waals surface area contributed by atoms with E-state index in [1.165, 1.54) is 11.4 Å². The summed E-state index contributed by atoms with van der Waals surface area (Å²) in [6.45, 7) is 0.585. The van der Waals surface area contributed by atoms with Gasteiger partial charge in [0.25, 0.3) is 0 Å². The minimum atomic E-state index is -5.87. The second-order valence-corrected chi connectivity index (χ2v) is 4.19. The van der Waals surface area contributed by atoms with E-state index < -0.39 is 41.6 Å². The maximum atomic E-state index is 13.3. The molecule has 2 nitrogen and oxygen atoms in total. The summed E-state index contributed by atoms with van der Waals surface area (Å²) >= 11 is 0. The van der Waals surface area contributed by atoms with Gasteiger partial charge in [-0.2, -0.15) is 26.3 Å². The molecule has 0 aliphatic rings. The van der Waals surface area contributed by atoms with Crippen molar-refractivity contribution in [2.45, 2.75) is 25.7 Å². The zero-order valence-electron chi connectivity index (χ0n) is 10.6. The highest BCUT2D eigenvalue weighted by atomic mass is 19.4. The lowest BCUT2D eigenvalue weighted by atomic mass is 9.82. The Morgan fingerprint density at radius 3 is 1.90 bits per heavy atom. The van der Waals surface area contributed by atoms with Gasteiger partial charge in [0.1, 0.15) is 5.82 Å². The average Bonchev–Trinajstić information content (AvgIpc) is 2.29. The molecule has 21 heavy (non-hydrogen) atoms. The van der Waals surface area contributed by atoms with Crippen molar-refractivity contribution in [3.8, 4) is 0 Å². The van der Waals surface area contributed by atoms with Gasteiger partial charge < -0.3 is 5.32 Å². The molecular formula is C12H10F7NO. The third-order valence-corrected chi connectivity index (χ3v) is 3.01. The molecule has 1 rings (SSSR count). The van der Waals surface area contributed by atoms with E-state index in [9.17, 15) is 35.5 Å². The van der Waals surface area contributed by atoms with Crippen molar-refractivity contribution in [1.29, 1.82) is 0 Å². The van der Waals surface area contributed by atoms with Crippen LogP contribution in [0.2, 0.25) is 0 Å². The molecule has 1 aromatic rings. The maximum Gasteiger partial charge on any atom is 0.412 e. The fourth-order valence-corrected chi connectivity index (χ4v) is 1.77. The molecule has 0 atom stereocenters. The number of alkyl halides is 6. The van der Waals surface area contributed by atoms with Crippen molar-refractivity contribution in [3.05, 3.63) is 30.1 Å². The van der Waals surface area contributed by atoms with Crippen LogP contribution in [-0.4, -0.2) is 18.3 Å². The first-order valence-corrected chi connectivity index (χ1v) is 5.67. The average molecular weight is 317 g/mol. The van der Waals surface area contributed by atoms with E-state index in [1.54, 1.807) is 0 Å². The Balaban J connectivity index is 3.29. The predicted molar refractivity (Wildman–Crippen MR) is 59.9 cm³/mol. The van der Waals surface area contributed by atoms with Crippen LogP contribution in [0.15, 0.2) is 24.3 Å². The lowest BCUT2D eigenvalue weighted by Gasteiger charge is -2.34. The smallest absolute Gasteiger partial charge is 0.323 e. The number of anilines is 1. The first kappa shape index (κ1) is 17.3. The van der Waals surface area contributed by atoms with Crippen molar-refractivity contribution < 1.29 is 35.5 Å². The number of para-hydroxylation sites is 1. The molecule has 0 spiro atoms. The molecule has 0 aliphatic heterocycles. The molecular weight excluding hydrogens is 307 g/mol. The van der Waals surface area contributed by atoms with E-state index in [-0.39, 0.29) is 0 Å². The molecule has 0 aliphatic carbocycles. The van der Waals surface area contributed by atoms with E-state index in [0.29, 0.717) is 6.92 Å². The van der Waals surface area contributed by atoms with Crippen molar-refractivity contribution >= 4 is 11.6 Å². The third kappa shape index (κ3) is 2.96. The SMILES string of the molecule is CCC(C(=O)Nc1ccccc1F)(C(F)(F)F)C(F)(F)F. The molecule has 0 aromatic heterocycles. The summed E-state index contributed by atoms with van der Waals surface area (Å²) in [4.78, 5) is 11.6. The van der Waals surface area contributed by atoms with E-state index in [4.69, 9.17) is 0 Å². The standard InChI is InChI=1S/C12H10F7NO/c1-2-10(11(14,15)16,12(17,18)19)9(21)20-8-6-4-3-5-7(8)13/h3-6H,2H2,1H3,(H,20,21). The van der Waals surface area contributed by atoms with Crippen LogP contribution in [0.5, 0.6) is 0 Å². The molecule has 0 saturated heterocycles. The normalized spacial score (nSPS) is 13.1. The molecule has 0 fully saturated rings. The molecule has 1 aromatic carbocycles. The molecule has 1 N–H and O–H groups in total. The number of carbonyl (C=O) groups is 1. The van der Waals surface area contributed by atoms with Crippen LogP contribution in [0.25, 0.3) is 0 Å². The highest BCUT2D eigenvalue weighted by molar-refractivity contribution is 5.96. The van der Waals surface area contributed by atoms with Gasteiger partial charge in [-0.3, -0.25) is 4.79 Å². The number of benzene rings is 1. The number of halogens is 7. The van der Waals surface area contributed by atoms with Crippen molar-refractivity contribution in [3.63, 3.8) is 0 Å². The highest BCUT2D eigenvalue weighted by Gasteiger charge is 2.74. The van der Waals surface area contributed by atoms with Gasteiger partial charge in [0.15, 0.2) is 0 Å². The first-order valence-electron chi connectivity index (χ1n) is 5.67. The Bertz CT molecular complexity index is 507. The van der Waals surface area contributed by atoms with Gasteiger partial charge in [-0.15, -0.1) is 0 Å². The number of nitrogens with one attached hydrogen (secondary N) is 1. The third-order valence-electron chi connectivity index (χ3n) is 3.01. The summed E-state index contributed by atoms with van der Waals surface area (Å²) in [5, 5.41) is 1.36. The molecule has 0 heterocycles. The maximum absolute atomic E-state index is 13.3. The van der Waals surface area contributed by atoms with E-state index in [1.807, 2.05) is 0 Å². The molecule has 9 heteroatoms. The van der Waals surface area contributed by atoms with Gasteiger partial charge in [0.05, 0.1) is 5.69 Å². The number of amides is 1. The Kier molecular flexibility index (Phi) is 4.54. The largest absolute Gasteiger partial charge is 0.412 e. The quantitative estimate of drug-likeness (QED) is 0.828. The van der Waals surface area contributed by atoms with Gasteiger partial charge >= 0.3 is 12.4 Å². The van der Waals surface area contributed by atoms with Crippen molar-refractivity contribution in [2.24, 2.45) is 5.41 Å². The first-order chi connectivity index (χ1) is 9.47. The van der Waals surface area contributed by atoms with Crippen LogP contribution in [0.1, 0.15) is 13.3 Å². The summed E-state index contributed by atoms with van der Waals surface area (Å²) in [5.41, 5.74) is -5.35. The summed E-state index contributed by atoms with van der Waals surface area (Å²) in [5.74, 6) is -3.50. The van der Waals surface area contributed by atoms with Gasteiger partial charge in [0.2, 0.25) is 11.3 Å². The Morgan fingerprint density at radius 2 is 1.52 bits per heavy atom. The fraction of sp³-hybridized carbons (Fsp3) is 0.417. The second-order valence-electron chi connectivity index (χ2n) is 4.19. The van der Waals surface area contributed by atoms with Gasteiger partial charge in [0, 0.05) is 0 Å². The van der Waals surface area contributed by atoms with Crippen molar-refractivity contribution in [1.82, 2.24) is 0 Å².